The molecule has 5 heteroatoms. The summed E-state index contributed by atoms with van der Waals surface area (Å²) >= 11 is 0. The number of aliphatic hydroxyl groups is 1. The van der Waals surface area contributed by atoms with Crippen molar-refractivity contribution in [2.75, 3.05) is 29.9 Å². The summed E-state index contributed by atoms with van der Waals surface area (Å²) in [6.45, 7) is 6.11. The topological polar surface area (TPSA) is 61.3 Å². The molecule has 0 radical (unpaired) electrons. The third kappa shape index (κ3) is 2.90. The first-order chi connectivity index (χ1) is 8.74. The number of aliphatic hydroxyl groups excluding tert-OH is 1. The van der Waals surface area contributed by atoms with Gasteiger partial charge in [-0.3, -0.25) is 0 Å². The number of hydrogen-bond donors (Lipinski definition) is 2. The minimum absolute atomic E-state index is 0.195. The van der Waals surface area contributed by atoms with Gasteiger partial charge in [0, 0.05) is 19.2 Å². The van der Waals surface area contributed by atoms with E-state index in [0.29, 0.717) is 0 Å². The highest BCUT2D eigenvalue weighted by molar-refractivity contribution is 5.50. The molecule has 2 heterocycles. The summed E-state index contributed by atoms with van der Waals surface area (Å²) in [7, 11) is 0. The van der Waals surface area contributed by atoms with Crippen molar-refractivity contribution < 1.29 is 5.11 Å². The van der Waals surface area contributed by atoms with Gasteiger partial charge in [-0.1, -0.05) is 6.92 Å². The Kier molecular flexibility index (Phi) is 4.36. The molecule has 2 N–H and O–H groups in total. The van der Waals surface area contributed by atoms with Crippen molar-refractivity contribution in [3.63, 3.8) is 0 Å². The molecule has 0 amide bonds. The first kappa shape index (κ1) is 13.1. The summed E-state index contributed by atoms with van der Waals surface area (Å²) in [5.74, 6) is 2.58. The molecule has 1 aromatic rings. The zero-order valence-electron chi connectivity index (χ0n) is 11.2. The number of rotatable bonds is 5. The third-order valence-corrected chi connectivity index (χ3v) is 3.26. The number of nitrogens with zero attached hydrogens (tertiary/aromatic N) is 3. The second kappa shape index (κ2) is 6.00. The molecule has 1 aliphatic rings. The second-order valence-corrected chi connectivity index (χ2v) is 4.76. The van der Waals surface area contributed by atoms with Gasteiger partial charge in [0.05, 0.1) is 12.6 Å². The Bertz CT molecular complexity index is 397. The Hall–Kier alpha value is -1.36. The average molecular weight is 250 g/mol. The summed E-state index contributed by atoms with van der Waals surface area (Å²) < 4.78 is 0. The van der Waals surface area contributed by atoms with E-state index in [4.69, 9.17) is 0 Å². The first-order valence-electron chi connectivity index (χ1n) is 6.71. The van der Waals surface area contributed by atoms with Gasteiger partial charge in [-0.05, 0) is 26.2 Å². The fourth-order valence-corrected chi connectivity index (χ4v) is 2.37. The molecule has 1 aliphatic heterocycles. The molecule has 1 fully saturated rings. The minimum Gasteiger partial charge on any atom is -0.394 e. The summed E-state index contributed by atoms with van der Waals surface area (Å²) in [6, 6.07) is 2.19. The molecular weight excluding hydrogens is 228 g/mol. The molecule has 1 aromatic heterocycles. The third-order valence-electron chi connectivity index (χ3n) is 3.26. The zero-order valence-corrected chi connectivity index (χ0v) is 11.2. The molecule has 0 aliphatic carbocycles. The molecule has 1 saturated heterocycles. The molecular formula is C13H22N4O. The van der Waals surface area contributed by atoms with Gasteiger partial charge < -0.3 is 15.3 Å². The second-order valence-electron chi connectivity index (χ2n) is 4.76. The van der Waals surface area contributed by atoms with E-state index in [-0.39, 0.29) is 12.6 Å². The lowest BCUT2D eigenvalue weighted by Gasteiger charge is -2.24. The van der Waals surface area contributed by atoms with Crippen LogP contribution in [0.5, 0.6) is 0 Å². The van der Waals surface area contributed by atoms with E-state index < -0.39 is 0 Å². The van der Waals surface area contributed by atoms with Crippen LogP contribution in [0.3, 0.4) is 0 Å². The fourth-order valence-electron chi connectivity index (χ4n) is 2.37. The van der Waals surface area contributed by atoms with E-state index >= 15 is 0 Å². The maximum atomic E-state index is 9.38. The standard InChI is InChI=1S/C13H22N4O/c1-3-6-14-12-8-13(16-10(2)15-12)17-7-4-5-11(17)9-18/h8,11,18H,3-7,9H2,1-2H3,(H,14,15,16). The molecule has 0 bridgehead atoms. The van der Waals surface area contributed by atoms with E-state index in [1.165, 1.54) is 0 Å². The van der Waals surface area contributed by atoms with Gasteiger partial charge >= 0.3 is 0 Å². The number of nitrogens with one attached hydrogen (secondary N) is 1. The van der Waals surface area contributed by atoms with E-state index in [1.54, 1.807) is 0 Å². The van der Waals surface area contributed by atoms with Crippen molar-refractivity contribution in [1.82, 2.24) is 9.97 Å². The maximum absolute atomic E-state index is 9.38. The number of hydrogen-bond acceptors (Lipinski definition) is 5. The van der Waals surface area contributed by atoms with Gasteiger partial charge in [-0.2, -0.15) is 0 Å². The normalized spacial score (nSPS) is 19.3. The average Bonchev–Trinajstić information content (AvgIpc) is 2.84. The van der Waals surface area contributed by atoms with Crippen LogP contribution in [0.4, 0.5) is 11.6 Å². The van der Waals surface area contributed by atoms with Crippen LogP contribution in [-0.2, 0) is 0 Å². The molecule has 18 heavy (non-hydrogen) atoms. The van der Waals surface area contributed by atoms with Crippen molar-refractivity contribution >= 4 is 11.6 Å². The molecule has 1 unspecified atom stereocenters. The highest BCUT2D eigenvalue weighted by atomic mass is 16.3. The number of aryl methyl sites for hydroxylation is 1. The van der Waals surface area contributed by atoms with Crippen molar-refractivity contribution in [3.05, 3.63) is 11.9 Å². The van der Waals surface area contributed by atoms with Crippen LogP contribution in [-0.4, -0.2) is 40.8 Å². The molecule has 0 saturated carbocycles. The Labute approximate surface area is 108 Å². The highest BCUT2D eigenvalue weighted by Crippen LogP contribution is 2.25. The number of aromatic nitrogens is 2. The fraction of sp³-hybridized carbons (Fsp3) is 0.692. The lowest BCUT2D eigenvalue weighted by Crippen LogP contribution is -2.33. The van der Waals surface area contributed by atoms with Crippen LogP contribution in [0.1, 0.15) is 32.0 Å². The van der Waals surface area contributed by atoms with Crippen molar-refractivity contribution in [2.24, 2.45) is 0 Å². The van der Waals surface area contributed by atoms with Crippen molar-refractivity contribution in [1.29, 1.82) is 0 Å². The van der Waals surface area contributed by atoms with Crippen molar-refractivity contribution in [2.45, 2.75) is 39.2 Å². The first-order valence-corrected chi connectivity index (χ1v) is 6.71. The summed E-state index contributed by atoms with van der Waals surface area (Å²) in [5, 5.41) is 12.7. The lowest BCUT2D eigenvalue weighted by atomic mass is 10.2. The molecule has 100 valence electrons. The molecule has 0 aromatic carbocycles. The molecule has 0 spiro atoms. The van der Waals surface area contributed by atoms with Gasteiger partial charge in [0.15, 0.2) is 0 Å². The highest BCUT2D eigenvalue weighted by Gasteiger charge is 2.25. The summed E-state index contributed by atoms with van der Waals surface area (Å²) in [5.41, 5.74) is 0. The van der Waals surface area contributed by atoms with Gasteiger partial charge in [-0.25, -0.2) is 9.97 Å². The van der Waals surface area contributed by atoms with Crippen LogP contribution in [0.25, 0.3) is 0 Å². The predicted molar refractivity (Wildman–Crippen MR) is 73.0 cm³/mol. The monoisotopic (exact) mass is 250 g/mol. The molecule has 5 nitrogen and oxygen atoms in total. The van der Waals surface area contributed by atoms with Gasteiger partial charge in [-0.15, -0.1) is 0 Å². The van der Waals surface area contributed by atoms with E-state index in [9.17, 15) is 5.11 Å². The van der Waals surface area contributed by atoms with Crippen LogP contribution in [0, 0.1) is 6.92 Å². The SMILES string of the molecule is CCCNc1cc(N2CCCC2CO)nc(C)n1. The largest absolute Gasteiger partial charge is 0.394 e. The Morgan fingerprint density at radius 2 is 2.33 bits per heavy atom. The van der Waals surface area contributed by atoms with E-state index in [1.807, 2.05) is 13.0 Å². The summed E-state index contributed by atoms with van der Waals surface area (Å²) in [4.78, 5) is 11.1. The smallest absolute Gasteiger partial charge is 0.134 e. The van der Waals surface area contributed by atoms with Gasteiger partial charge in [0.1, 0.15) is 17.5 Å². The number of anilines is 2. The Morgan fingerprint density at radius 1 is 1.50 bits per heavy atom. The lowest BCUT2D eigenvalue weighted by molar-refractivity contribution is 0.266. The van der Waals surface area contributed by atoms with Gasteiger partial charge in [0.25, 0.3) is 0 Å². The van der Waals surface area contributed by atoms with Gasteiger partial charge in [0.2, 0.25) is 0 Å². The predicted octanol–water partition coefficient (Wildman–Crippen LogP) is 1.57. The Morgan fingerprint density at radius 3 is 3.06 bits per heavy atom. The van der Waals surface area contributed by atoms with Crippen molar-refractivity contribution in [3.8, 4) is 0 Å². The Balaban J connectivity index is 2.18. The van der Waals surface area contributed by atoms with Crippen LogP contribution < -0.4 is 10.2 Å². The summed E-state index contributed by atoms with van der Waals surface area (Å²) in [6.07, 6.45) is 3.23. The molecule has 1 atom stereocenters. The van der Waals surface area contributed by atoms with E-state index in [2.05, 4.69) is 27.1 Å². The van der Waals surface area contributed by atoms with E-state index in [0.717, 1.165) is 49.8 Å². The van der Waals surface area contributed by atoms with Crippen LogP contribution in [0.2, 0.25) is 0 Å². The van der Waals surface area contributed by atoms with Crippen LogP contribution in [0.15, 0.2) is 6.07 Å². The quantitative estimate of drug-likeness (QED) is 0.830. The maximum Gasteiger partial charge on any atom is 0.134 e. The zero-order chi connectivity index (χ0) is 13.0. The molecule has 2 rings (SSSR count). The van der Waals surface area contributed by atoms with Crippen LogP contribution >= 0.6 is 0 Å². The minimum atomic E-state index is 0.195.